The van der Waals surface area contributed by atoms with Crippen LogP contribution in [0.4, 0.5) is 0 Å². The highest BCUT2D eigenvalue weighted by Crippen LogP contribution is 2.37. The Bertz CT molecular complexity index is 332. The zero-order valence-corrected chi connectivity index (χ0v) is 12.8. The van der Waals surface area contributed by atoms with E-state index in [1.165, 1.54) is 0 Å². The van der Waals surface area contributed by atoms with Crippen LogP contribution in [0.25, 0.3) is 0 Å². The molecule has 0 bridgehead atoms. The highest BCUT2D eigenvalue weighted by atomic mass is 31.2. The summed E-state index contributed by atoms with van der Waals surface area (Å²) in [6.07, 6.45) is -0.0684. The number of aliphatic hydroxyl groups excluding tert-OH is 2. The predicted molar refractivity (Wildman–Crippen MR) is 72.0 cm³/mol. The molecular weight excluding hydrogens is 287 g/mol. The fourth-order valence-corrected chi connectivity index (χ4v) is 2.59. The van der Waals surface area contributed by atoms with Crippen LogP contribution in [0, 0.1) is 5.92 Å². The van der Waals surface area contributed by atoms with E-state index in [9.17, 15) is 14.8 Å². The van der Waals surface area contributed by atoms with Crippen molar-refractivity contribution in [2.75, 3.05) is 6.61 Å². The molecule has 1 rings (SSSR count). The van der Waals surface area contributed by atoms with Crippen LogP contribution in [0.2, 0.25) is 0 Å². The van der Waals surface area contributed by atoms with Crippen molar-refractivity contribution in [3.8, 4) is 0 Å². The molecule has 4 N–H and O–H groups in total. The van der Waals surface area contributed by atoms with Crippen LogP contribution in [0.5, 0.6) is 0 Å². The van der Waals surface area contributed by atoms with Crippen molar-refractivity contribution in [2.24, 2.45) is 5.92 Å². The van der Waals surface area contributed by atoms with Crippen LogP contribution in [0.1, 0.15) is 39.5 Å². The number of rotatable bonds is 8. The maximum absolute atomic E-state index is 10.6. The van der Waals surface area contributed by atoms with Crippen molar-refractivity contribution in [3.05, 3.63) is 0 Å². The number of hydrogen-bond donors (Lipinski definition) is 4. The van der Waals surface area contributed by atoms with Crippen LogP contribution < -0.4 is 0 Å². The standard InChI is InChI=1S/C12H25O7P/c1-3-8(2)5-4-6-9-11(13)12(14)10(19-9)7-18-20(15,16)17/h8-14H,3-7H2,1-2H3,(H2,15,16,17)/t8-,9?,10?,11?,12?/m0/s1. The second kappa shape index (κ2) is 7.84. The Morgan fingerprint density at radius 1 is 1.25 bits per heavy atom. The second-order valence-corrected chi connectivity index (χ2v) is 6.66. The van der Waals surface area contributed by atoms with Gasteiger partial charge >= 0.3 is 7.82 Å². The number of phosphoric ester groups is 1. The van der Waals surface area contributed by atoms with Gasteiger partial charge in [0, 0.05) is 0 Å². The second-order valence-electron chi connectivity index (χ2n) is 5.42. The van der Waals surface area contributed by atoms with E-state index >= 15 is 0 Å². The first-order valence-corrected chi connectivity index (χ1v) is 8.49. The lowest BCUT2D eigenvalue weighted by Crippen LogP contribution is -2.34. The first-order valence-electron chi connectivity index (χ1n) is 6.96. The monoisotopic (exact) mass is 312 g/mol. The molecule has 0 spiro atoms. The zero-order valence-electron chi connectivity index (χ0n) is 11.9. The third-order valence-electron chi connectivity index (χ3n) is 3.75. The first kappa shape index (κ1) is 18.0. The van der Waals surface area contributed by atoms with E-state index in [4.69, 9.17) is 14.5 Å². The Balaban J connectivity index is 2.38. The summed E-state index contributed by atoms with van der Waals surface area (Å²) >= 11 is 0. The molecule has 0 aromatic heterocycles. The fourth-order valence-electron chi connectivity index (χ4n) is 2.24. The molecule has 4 unspecified atom stereocenters. The zero-order chi connectivity index (χ0) is 15.3. The van der Waals surface area contributed by atoms with Gasteiger partial charge in [0.05, 0.1) is 12.7 Å². The van der Waals surface area contributed by atoms with Gasteiger partial charge in [0.1, 0.15) is 18.3 Å². The quantitative estimate of drug-likeness (QED) is 0.490. The number of hydrogen-bond acceptors (Lipinski definition) is 5. The van der Waals surface area contributed by atoms with Crippen molar-refractivity contribution >= 4 is 7.82 Å². The lowest BCUT2D eigenvalue weighted by molar-refractivity contribution is -0.0244. The highest BCUT2D eigenvalue weighted by molar-refractivity contribution is 7.46. The molecule has 1 fully saturated rings. The van der Waals surface area contributed by atoms with Crippen LogP contribution >= 0.6 is 7.82 Å². The minimum atomic E-state index is -4.60. The molecule has 0 radical (unpaired) electrons. The summed E-state index contributed by atoms with van der Waals surface area (Å²) in [5.41, 5.74) is 0. The van der Waals surface area contributed by atoms with Gasteiger partial charge in [-0.15, -0.1) is 0 Å². The van der Waals surface area contributed by atoms with E-state index in [1.807, 2.05) is 0 Å². The molecule has 0 aromatic carbocycles. The molecular formula is C12H25O7P. The van der Waals surface area contributed by atoms with Crippen LogP contribution in [-0.4, -0.2) is 51.0 Å². The summed E-state index contributed by atoms with van der Waals surface area (Å²) in [6.45, 7) is 3.83. The SMILES string of the molecule is CC[C@H](C)CCCC1OC(COP(=O)(O)O)C(O)C1O. The number of aliphatic hydroxyl groups is 2. The summed E-state index contributed by atoms with van der Waals surface area (Å²) in [5.74, 6) is 0.604. The Morgan fingerprint density at radius 2 is 1.85 bits per heavy atom. The Hall–Kier alpha value is -0.0100. The van der Waals surface area contributed by atoms with E-state index in [-0.39, 0.29) is 0 Å². The van der Waals surface area contributed by atoms with E-state index < -0.39 is 38.8 Å². The molecule has 0 aromatic rings. The molecule has 0 amide bonds. The predicted octanol–water partition coefficient (Wildman–Crippen LogP) is 0.801. The molecule has 1 aliphatic rings. The van der Waals surface area contributed by atoms with Gasteiger partial charge in [-0.2, -0.15) is 0 Å². The van der Waals surface area contributed by atoms with Crippen molar-refractivity contribution in [2.45, 2.75) is 63.9 Å². The molecule has 1 aliphatic heterocycles. The summed E-state index contributed by atoms with van der Waals surface area (Å²) in [6, 6.07) is 0. The lowest BCUT2D eigenvalue weighted by Gasteiger charge is -2.15. The maximum Gasteiger partial charge on any atom is 0.469 e. The Morgan fingerprint density at radius 3 is 2.40 bits per heavy atom. The smallest absolute Gasteiger partial charge is 0.388 e. The van der Waals surface area contributed by atoms with Crippen molar-refractivity contribution < 1.29 is 33.8 Å². The Labute approximate surface area is 119 Å². The third kappa shape index (κ3) is 5.77. The van der Waals surface area contributed by atoms with E-state index in [0.29, 0.717) is 12.3 Å². The van der Waals surface area contributed by atoms with Crippen molar-refractivity contribution in [1.82, 2.24) is 0 Å². The summed E-state index contributed by atoms with van der Waals surface area (Å²) < 4.78 is 20.3. The number of phosphoric acid groups is 1. The molecule has 1 heterocycles. The Kier molecular flexibility index (Phi) is 7.08. The molecule has 0 saturated carbocycles. The maximum atomic E-state index is 10.6. The highest BCUT2D eigenvalue weighted by Gasteiger charge is 2.42. The van der Waals surface area contributed by atoms with Crippen molar-refractivity contribution in [1.29, 1.82) is 0 Å². The van der Waals surface area contributed by atoms with Crippen molar-refractivity contribution in [3.63, 3.8) is 0 Å². The summed E-state index contributed by atoms with van der Waals surface area (Å²) in [5, 5.41) is 19.6. The minimum Gasteiger partial charge on any atom is -0.388 e. The van der Waals surface area contributed by atoms with Gasteiger partial charge in [0.15, 0.2) is 0 Å². The van der Waals surface area contributed by atoms with E-state index in [2.05, 4.69) is 18.4 Å². The molecule has 0 aliphatic carbocycles. The topological polar surface area (TPSA) is 116 Å². The lowest BCUT2D eigenvalue weighted by atomic mass is 9.98. The molecule has 20 heavy (non-hydrogen) atoms. The van der Waals surface area contributed by atoms with Gasteiger partial charge in [0.2, 0.25) is 0 Å². The molecule has 120 valence electrons. The van der Waals surface area contributed by atoms with Gasteiger partial charge in [-0.25, -0.2) is 4.57 Å². The third-order valence-corrected chi connectivity index (χ3v) is 4.24. The number of ether oxygens (including phenoxy) is 1. The minimum absolute atomic E-state index is 0.440. The molecule has 1 saturated heterocycles. The van der Waals surface area contributed by atoms with Gasteiger partial charge in [-0.3, -0.25) is 4.52 Å². The average Bonchev–Trinajstić information content (AvgIpc) is 2.63. The summed E-state index contributed by atoms with van der Waals surface area (Å²) in [7, 11) is -4.60. The van der Waals surface area contributed by atoms with Crippen LogP contribution in [0.3, 0.4) is 0 Å². The molecule has 8 heteroatoms. The van der Waals surface area contributed by atoms with Crippen LogP contribution in [0.15, 0.2) is 0 Å². The normalized spacial score (nSPS) is 32.5. The van der Waals surface area contributed by atoms with Gasteiger partial charge in [-0.05, 0) is 12.3 Å². The average molecular weight is 312 g/mol. The van der Waals surface area contributed by atoms with E-state index in [1.54, 1.807) is 0 Å². The molecule has 5 atom stereocenters. The first-order chi connectivity index (χ1) is 9.24. The van der Waals surface area contributed by atoms with Gasteiger partial charge in [0.25, 0.3) is 0 Å². The summed E-state index contributed by atoms with van der Waals surface area (Å²) in [4.78, 5) is 17.2. The van der Waals surface area contributed by atoms with Gasteiger partial charge < -0.3 is 24.7 Å². The van der Waals surface area contributed by atoms with Crippen LogP contribution in [-0.2, 0) is 13.8 Å². The van der Waals surface area contributed by atoms with Gasteiger partial charge in [-0.1, -0.05) is 33.1 Å². The largest absolute Gasteiger partial charge is 0.469 e. The fraction of sp³-hybridized carbons (Fsp3) is 1.00. The van der Waals surface area contributed by atoms with E-state index in [0.717, 1.165) is 19.3 Å². The molecule has 7 nitrogen and oxygen atoms in total.